The molecule has 33 heavy (non-hydrogen) atoms. The van der Waals surface area contributed by atoms with E-state index in [4.69, 9.17) is 16.3 Å². The highest BCUT2D eigenvalue weighted by Crippen LogP contribution is 2.25. The van der Waals surface area contributed by atoms with Crippen LogP contribution in [0, 0.1) is 0 Å². The number of methoxy groups -OCH3 is 1. The molecule has 0 unspecified atom stereocenters. The number of esters is 1. The number of hydrogen-bond acceptors (Lipinski definition) is 5. The summed E-state index contributed by atoms with van der Waals surface area (Å²) in [6, 6.07) is 14.9. The molecule has 0 spiro atoms. The number of nitrogens with one attached hydrogen (secondary N) is 2. The quantitative estimate of drug-likeness (QED) is 0.360. The monoisotopic (exact) mass is 467 g/mol. The predicted octanol–water partition coefficient (Wildman–Crippen LogP) is 4.33. The number of carbonyl (C=O) groups is 2. The Balaban J connectivity index is 1.90. The number of unbranched alkanes of at least 4 members (excludes halogenated alkanes) is 1. The molecule has 7 nitrogen and oxygen atoms in total. The molecular formula is C25H26ClN3O4. The second-order valence-electron chi connectivity index (χ2n) is 7.54. The van der Waals surface area contributed by atoms with Crippen LogP contribution >= 0.6 is 11.6 Å². The third kappa shape index (κ3) is 6.08. The van der Waals surface area contributed by atoms with Crippen LogP contribution in [0.2, 0.25) is 0 Å². The first kappa shape index (κ1) is 24.2. The lowest BCUT2D eigenvalue weighted by molar-refractivity contribution is -0.114. The van der Waals surface area contributed by atoms with Gasteiger partial charge >= 0.3 is 5.97 Å². The molecule has 0 atom stereocenters. The van der Waals surface area contributed by atoms with E-state index in [9.17, 15) is 14.4 Å². The van der Waals surface area contributed by atoms with Gasteiger partial charge in [-0.05, 0) is 35.6 Å². The van der Waals surface area contributed by atoms with Gasteiger partial charge in [-0.2, -0.15) is 0 Å². The van der Waals surface area contributed by atoms with Crippen molar-refractivity contribution in [3.05, 3.63) is 81.3 Å². The van der Waals surface area contributed by atoms with Crippen molar-refractivity contribution >= 4 is 29.4 Å². The predicted molar refractivity (Wildman–Crippen MR) is 129 cm³/mol. The Kier molecular flexibility index (Phi) is 8.38. The fourth-order valence-corrected chi connectivity index (χ4v) is 3.60. The van der Waals surface area contributed by atoms with Crippen LogP contribution in [0.1, 0.15) is 46.9 Å². The molecular weight excluding hydrogens is 442 g/mol. The van der Waals surface area contributed by atoms with Crippen molar-refractivity contribution in [2.45, 2.75) is 32.6 Å². The summed E-state index contributed by atoms with van der Waals surface area (Å²) in [6.07, 6.45) is 2.84. The lowest BCUT2D eigenvalue weighted by Gasteiger charge is -2.12. The van der Waals surface area contributed by atoms with Crippen LogP contribution in [0.15, 0.2) is 53.3 Å². The van der Waals surface area contributed by atoms with E-state index in [1.54, 1.807) is 12.1 Å². The molecule has 0 aliphatic carbocycles. The van der Waals surface area contributed by atoms with E-state index in [-0.39, 0.29) is 17.4 Å². The van der Waals surface area contributed by atoms with Crippen LogP contribution in [0.3, 0.4) is 0 Å². The molecule has 0 fully saturated rings. The average Bonchev–Trinajstić information content (AvgIpc) is 2.84. The molecule has 0 saturated heterocycles. The highest BCUT2D eigenvalue weighted by molar-refractivity contribution is 6.28. The number of nitrogens with zero attached hydrogens (tertiary/aromatic N) is 1. The van der Waals surface area contributed by atoms with Gasteiger partial charge in [0.25, 0.3) is 5.56 Å². The highest BCUT2D eigenvalue weighted by Gasteiger charge is 2.15. The largest absolute Gasteiger partial charge is 0.465 e. The fourth-order valence-electron chi connectivity index (χ4n) is 3.53. The molecule has 2 N–H and O–H groups in total. The summed E-state index contributed by atoms with van der Waals surface area (Å²) in [6.45, 7) is 2.06. The number of hydrogen-bond donors (Lipinski definition) is 2. The number of ether oxygens (including phenoxy) is 1. The molecule has 3 rings (SSSR count). The van der Waals surface area contributed by atoms with Crippen molar-refractivity contribution in [3.63, 3.8) is 0 Å². The standard InChI is InChI=1S/C25H26ClN3O4/c1-3-4-9-21-20(23(31)29-25(27-21)28-22(30)15-26)14-16-10-12-17(13-11-16)18-7-5-6-8-19(18)24(32)33-2/h5-8,10-13H,3-4,9,14-15H2,1-2H3,(H2,27,28,29,30,31). The number of H-pyrrole nitrogens is 1. The molecule has 1 aromatic heterocycles. The van der Waals surface area contributed by atoms with Crippen molar-refractivity contribution in [2.75, 3.05) is 18.3 Å². The van der Waals surface area contributed by atoms with Crippen LogP contribution in [0.4, 0.5) is 5.95 Å². The third-order valence-electron chi connectivity index (χ3n) is 5.23. The maximum Gasteiger partial charge on any atom is 0.338 e. The Morgan fingerprint density at radius 1 is 1.12 bits per heavy atom. The zero-order valence-corrected chi connectivity index (χ0v) is 19.4. The molecule has 1 heterocycles. The molecule has 2 aromatic carbocycles. The number of amides is 1. The maximum atomic E-state index is 12.8. The van der Waals surface area contributed by atoms with Crippen LogP contribution in [0.25, 0.3) is 11.1 Å². The van der Waals surface area contributed by atoms with Crippen molar-refractivity contribution < 1.29 is 14.3 Å². The number of anilines is 1. The van der Waals surface area contributed by atoms with Gasteiger partial charge in [-0.25, -0.2) is 9.78 Å². The minimum atomic E-state index is -0.433. The molecule has 1 amide bonds. The summed E-state index contributed by atoms with van der Waals surface area (Å²) in [5.41, 5.74) is 4.00. The summed E-state index contributed by atoms with van der Waals surface area (Å²) >= 11 is 5.54. The zero-order chi connectivity index (χ0) is 23.8. The van der Waals surface area contributed by atoms with E-state index in [1.165, 1.54) is 7.11 Å². The van der Waals surface area contributed by atoms with E-state index < -0.39 is 11.9 Å². The van der Waals surface area contributed by atoms with E-state index >= 15 is 0 Å². The second-order valence-corrected chi connectivity index (χ2v) is 7.80. The Bertz CT molecular complexity index is 1190. The summed E-state index contributed by atoms with van der Waals surface area (Å²) in [4.78, 5) is 43.6. The minimum Gasteiger partial charge on any atom is -0.465 e. The molecule has 0 aliphatic heterocycles. The molecule has 3 aromatic rings. The van der Waals surface area contributed by atoms with Crippen molar-refractivity contribution in [1.82, 2.24) is 9.97 Å². The fraction of sp³-hybridized carbons (Fsp3) is 0.280. The lowest BCUT2D eigenvalue weighted by atomic mass is 9.96. The summed E-state index contributed by atoms with van der Waals surface area (Å²) in [5.74, 6) is -0.942. The van der Waals surface area contributed by atoms with Crippen LogP contribution in [0.5, 0.6) is 0 Å². The van der Waals surface area contributed by atoms with E-state index in [1.807, 2.05) is 36.4 Å². The lowest BCUT2D eigenvalue weighted by Crippen LogP contribution is -2.23. The van der Waals surface area contributed by atoms with E-state index in [2.05, 4.69) is 22.2 Å². The van der Waals surface area contributed by atoms with Crippen LogP contribution in [-0.4, -0.2) is 34.8 Å². The Morgan fingerprint density at radius 2 is 1.85 bits per heavy atom. The first-order valence-electron chi connectivity index (χ1n) is 10.7. The highest BCUT2D eigenvalue weighted by atomic mass is 35.5. The zero-order valence-electron chi connectivity index (χ0n) is 18.6. The molecule has 0 radical (unpaired) electrons. The number of benzene rings is 2. The molecule has 172 valence electrons. The number of aromatic amines is 1. The number of aryl methyl sites for hydroxylation is 1. The van der Waals surface area contributed by atoms with Gasteiger partial charge in [0.2, 0.25) is 11.9 Å². The molecule has 0 aliphatic rings. The first-order chi connectivity index (χ1) is 16.0. The number of rotatable bonds is 9. The third-order valence-corrected chi connectivity index (χ3v) is 5.47. The summed E-state index contributed by atoms with van der Waals surface area (Å²) < 4.78 is 4.88. The van der Waals surface area contributed by atoms with Crippen molar-refractivity contribution in [3.8, 4) is 11.1 Å². The smallest absolute Gasteiger partial charge is 0.338 e. The van der Waals surface area contributed by atoms with Crippen LogP contribution < -0.4 is 10.9 Å². The maximum absolute atomic E-state index is 12.8. The van der Waals surface area contributed by atoms with E-state index in [0.29, 0.717) is 29.7 Å². The number of halogens is 1. The Hall–Kier alpha value is -3.45. The summed E-state index contributed by atoms with van der Waals surface area (Å²) in [7, 11) is 1.36. The van der Waals surface area contributed by atoms with Gasteiger partial charge in [0.15, 0.2) is 0 Å². The van der Waals surface area contributed by atoms with Crippen molar-refractivity contribution in [2.24, 2.45) is 0 Å². The average molecular weight is 468 g/mol. The molecule has 0 saturated carbocycles. The van der Waals surface area contributed by atoms with Gasteiger partial charge in [0.05, 0.1) is 18.4 Å². The normalized spacial score (nSPS) is 10.6. The van der Waals surface area contributed by atoms with Crippen LogP contribution in [-0.2, 0) is 22.4 Å². The Morgan fingerprint density at radius 3 is 2.52 bits per heavy atom. The van der Waals surface area contributed by atoms with Gasteiger partial charge in [-0.1, -0.05) is 55.8 Å². The van der Waals surface area contributed by atoms with Gasteiger partial charge in [0, 0.05) is 12.0 Å². The van der Waals surface area contributed by atoms with Gasteiger partial charge in [0.1, 0.15) is 5.88 Å². The summed E-state index contributed by atoms with van der Waals surface area (Å²) in [5, 5.41) is 2.51. The van der Waals surface area contributed by atoms with E-state index in [0.717, 1.165) is 29.5 Å². The SMILES string of the molecule is CCCCc1nc(NC(=O)CCl)[nH]c(=O)c1Cc1ccc(-c2ccccc2C(=O)OC)cc1. The number of alkyl halides is 1. The number of aromatic nitrogens is 2. The number of carbonyl (C=O) groups excluding carboxylic acids is 2. The van der Waals surface area contributed by atoms with Crippen molar-refractivity contribution in [1.29, 1.82) is 0 Å². The van der Waals surface area contributed by atoms with Gasteiger partial charge in [-0.15, -0.1) is 11.6 Å². The van der Waals surface area contributed by atoms with Gasteiger partial charge < -0.3 is 4.74 Å². The molecule has 0 bridgehead atoms. The van der Waals surface area contributed by atoms with Gasteiger partial charge in [-0.3, -0.25) is 19.9 Å². The topological polar surface area (TPSA) is 101 Å². The second kappa shape index (κ2) is 11.4. The Labute approximate surface area is 197 Å². The minimum absolute atomic E-state index is 0.107. The molecule has 8 heteroatoms. The first-order valence-corrected chi connectivity index (χ1v) is 11.2.